The summed E-state index contributed by atoms with van der Waals surface area (Å²) >= 11 is 0. The molecule has 3 rings (SSSR count). The molecule has 2 saturated heterocycles. The van der Waals surface area contributed by atoms with Gasteiger partial charge in [-0.15, -0.1) is 24.0 Å². The Hall–Kier alpha value is -0.820. The number of hydrogen-bond acceptors (Lipinski definition) is 2. The summed E-state index contributed by atoms with van der Waals surface area (Å²) in [6.45, 7) is 9.34. The first-order valence-corrected chi connectivity index (χ1v) is 9.96. The van der Waals surface area contributed by atoms with Crippen molar-refractivity contribution < 1.29 is 0 Å². The molecule has 4 nitrogen and oxygen atoms in total. The average Bonchev–Trinajstić information content (AvgIpc) is 3.11. The van der Waals surface area contributed by atoms with Crippen molar-refractivity contribution in [2.45, 2.75) is 32.6 Å². The molecule has 1 N–H and O–H groups in total. The fourth-order valence-electron chi connectivity index (χ4n) is 4.00. The number of nitrogens with one attached hydrogen (secondary N) is 1. The Kier molecular flexibility index (Phi) is 9.19. The highest BCUT2D eigenvalue weighted by atomic mass is 127. The van der Waals surface area contributed by atoms with E-state index >= 15 is 0 Å². The Balaban J connectivity index is 0.00000243. The predicted octanol–water partition coefficient (Wildman–Crippen LogP) is 3.48. The summed E-state index contributed by atoms with van der Waals surface area (Å²) in [5.74, 6) is 2.72. The van der Waals surface area contributed by atoms with Gasteiger partial charge < -0.3 is 15.1 Å². The minimum absolute atomic E-state index is 0. The van der Waals surface area contributed by atoms with Gasteiger partial charge in [0, 0.05) is 39.8 Å². The fraction of sp³-hybridized carbons (Fsp3) is 0.667. The number of likely N-dealkylation sites (tertiary alicyclic amines) is 2. The molecule has 0 saturated carbocycles. The van der Waals surface area contributed by atoms with Gasteiger partial charge in [0.15, 0.2) is 5.96 Å². The second-order valence-electron chi connectivity index (χ2n) is 7.79. The lowest BCUT2D eigenvalue weighted by Gasteiger charge is -2.33. The van der Waals surface area contributed by atoms with E-state index < -0.39 is 0 Å². The maximum atomic E-state index is 4.51. The van der Waals surface area contributed by atoms with Gasteiger partial charge in [-0.2, -0.15) is 0 Å². The van der Waals surface area contributed by atoms with E-state index in [4.69, 9.17) is 0 Å². The highest BCUT2D eigenvalue weighted by Gasteiger charge is 2.24. The van der Waals surface area contributed by atoms with Gasteiger partial charge in [-0.3, -0.25) is 4.99 Å². The maximum Gasteiger partial charge on any atom is 0.193 e. The van der Waals surface area contributed by atoms with Crippen LogP contribution in [0.25, 0.3) is 0 Å². The minimum atomic E-state index is 0. The van der Waals surface area contributed by atoms with Gasteiger partial charge in [-0.25, -0.2) is 0 Å². The number of nitrogens with zero attached hydrogens (tertiary/aromatic N) is 3. The Bertz CT molecular complexity index is 540. The van der Waals surface area contributed by atoms with Crippen molar-refractivity contribution in [1.82, 2.24) is 15.1 Å². The lowest BCUT2D eigenvalue weighted by Crippen LogP contribution is -2.46. The summed E-state index contributed by atoms with van der Waals surface area (Å²) in [6.07, 6.45) is 5.04. The van der Waals surface area contributed by atoms with Crippen LogP contribution >= 0.6 is 24.0 Å². The van der Waals surface area contributed by atoms with E-state index in [1.807, 2.05) is 7.05 Å². The van der Waals surface area contributed by atoms with Gasteiger partial charge >= 0.3 is 0 Å². The molecule has 0 aromatic heterocycles. The Labute approximate surface area is 176 Å². The molecule has 146 valence electrons. The topological polar surface area (TPSA) is 30.9 Å². The smallest absolute Gasteiger partial charge is 0.193 e. The minimum Gasteiger partial charge on any atom is -0.356 e. The first-order valence-electron chi connectivity index (χ1n) is 9.96. The van der Waals surface area contributed by atoms with Crippen LogP contribution in [0.15, 0.2) is 35.3 Å². The normalized spacial score (nSPS) is 22.3. The maximum absolute atomic E-state index is 4.51. The molecular formula is C21H35IN4. The van der Waals surface area contributed by atoms with E-state index in [-0.39, 0.29) is 24.0 Å². The van der Waals surface area contributed by atoms with Crippen molar-refractivity contribution in [3.63, 3.8) is 0 Å². The Morgan fingerprint density at radius 3 is 2.54 bits per heavy atom. The number of halogens is 1. The van der Waals surface area contributed by atoms with Crippen molar-refractivity contribution in [3.8, 4) is 0 Å². The van der Waals surface area contributed by atoms with Crippen molar-refractivity contribution in [3.05, 3.63) is 35.9 Å². The Morgan fingerprint density at radius 2 is 1.85 bits per heavy atom. The molecule has 1 atom stereocenters. The molecule has 2 heterocycles. The largest absolute Gasteiger partial charge is 0.356 e. The molecular weight excluding hydrogens is 435 g/mol. The van der Waals surface area contributed by atoms with E-state index in [2.05, 4.69) is 57.4 Å². The molecule has 1 aromatic rings. The molecule has 26 heavy (non-hydrogen) atoms. The van der Waals surface area contributed by atoms with Gasteiger partial charge in [0.2, 0.25) is 0 Å². The van der Waals surface area contributed by atoms with Crippen molar-refractivity contribution in [2.75, 3.05) is 46.3 Å². The molecule has 0 amide bonds. The lowest BCUT2D eigenvalue weighted by atomic mass is 9.99. The van der Waals surface area contributed by atoms with E-state index in [0.717, 1.165) is 43.9 Å². The molecule has 2 aliphatic rings. The SMILES string of the molecule is CN=C(NCC1CCN(CCc2ccccc2)C1)N1CCC(C)CC1.I. The molecule has 0 radical (unpaired) electrons. The Morgan fingerprint density at radius 1 is 1.12 bits per heavy atom. The van der Waals surface area contributed by atoms with Crippen LogP contribution < -0.4 is 5.32 Å². The quantitative estimate of drug-likeness (QED) is 0.406. The third-order valence-electron chi connectivity index (χ3n) is 5.77. The van der Waals surface area contributed by atoms with Gasteiger partial charge in [0.1, 0.15) is 0 Å². The fourth-order valence-corrected chi connectivity index (χ4v) is 4.00. The van der Waals surface area contributed by atoms with Gasteiger partial charge in [-0.05, 0) is 49.6 Å². The zero-order valence-electron chi connectivity index (χ0n) is 16.4. The van der Waals surface area contributed by atoms with Crippen LogP contribution in [-0.4, -0.2) is 62.1 Å². The molecule has 1 unspecified atom stereocenters. The van der Waals surface area contributed by atoms with Crippen LogP contribution in [0.2, 0.25) is 0 Å². The molecule has 0 spiro atoms. The van der Waals surface area contributed by atoms with E-state index in [1.165, 1.54) is 44.5 Å². The zero-order chi connectivity index (χ0) is 17.5. The van der Waals surface area contributed by atoms with Gasteiger partial charge in [0.25, 0.3) is 0 Å². The number of guanidine groups is 1. The number of piperidine rings is 1. The van der Waals surface area contributed by atoms with Crippen LogP contribution in [0.3, 0.4) is 0 Å². The number of aliphatic imine (C=N–C) groups is 1. The molecule has 0 aliphatic carbocycles. The summed E-state index contributed by atoms with van der Waals surface area (Å²) in [5, 5.41) is 3.64. The van der Waals surface area contributed by atoms with Crippen LogP contribution in [0, 0.1) is 11.8 Å². The second kappa shape index (κ2) is 11.1. The van der Waals surface area contributed by atoms with Crippen LogP contribution in [0.1, 0.15) is 31.7 Å². The highest BCUT2D eigenvalue weighted by Crippen LogP contribution is 2.18. The van der Waals surface area contributed by atoms with E-state index in [0.29, 0.717) is 0 Å². The van der Waals surface area contributed by atoms with E-state index in [1.54, 1.807) is 0 Å². The van der Waals surface area contributed by atoms with Crippen molar-refractivity contribution >= 4 is 29.9 Å². The van der Waals surface area contributed by atoms with Crippen LogP contribution in [-0.2, 0) is 6.42 Å². The third kappa shape index (κ3) is 6.41. The van der Waals surface area contributed by atoms with Gasteiger partial charge in [0.05, 0.1) is 0 Å². The standard InChI is InChI=1S/C21H34N4.HI/c1-18-8-14-25(15-9-18)21(22-2)23-16-20-11-13-24(17-20)12-10-19-6-4-3-5-7-19;/h3-7,18,20H,8-17H2,1-2H3,(H,22,23);1H. The first kappa shape index (κ1) is 21.5. The second-order valence-corrected chi connectivity index (χ2v) is 7.79. The molecule has 5 heteroatoms. The molecule has 0 bridgehead atoms. The number of benzene rings is 1. The number of hydrogen-bond donors (Lipinski definition) is 1. The van der Waals surface area contributed by atoms with Crippen molar-refractivity contribution in [2.24, 2.45) is 16.8 Å². The van der Waals surface area contributed by atoms with E-state index in [9.17, 15) is 0 Å². The third-order valence-corrected chi connectivity index (χ3v) is 5.77. The number of rotatable bonds is 5. The van der Waals surface area contributed by atoms with Crippen molar-refractivity contribution in [1.29, 1.82) is 0 Å². The predicted molar refractivity (Wildman–Crippen MR) is 121 cm³/mol. The summed E-state index contributed by atoms with van der Waals surface area (Å²) in [7, 11) is 1.92. The monoisotopic (exact) mass is 470 g/mol. The summed E-state index contributed by atoms with van der Waals surface area (Å²) in [4.78, 5) is 9.56. The highest BCUT2D eigenvalue weighted by molar-refractivity contribution is 14.0. The summed E-state index contributed by atoms with van der Waals surface area (Å²) in [5.41, 5.74) is 1.45. The first-order chi connectivity index (χ1) is 12.2. The molecule has 2 aliphatic heterocycles. The van der Waals surface area contributed by atoms with Gasteiger partial charge in [-0.1, -0.05) is 37.3 Å². The van der Waals surface area contributed by atoms with Crippen LogP contribution in [0.4, 0.5) is 0 Å². The summed E-state index contributed by atoms with van der Waals surface area (Å²) < 4.78 is 0. The zero-order valence-corrected chi connectivity index (χ0v) is 18.7. The summed E-state index contributed by atoms with van der Waals surface area (Å²) in [6, 6.07) is 10.8. The molecule has 1 aromatic carbocycles. The lowest BCUT2D eigenvalue weighted by molar-refractivity contribution is 0.271. The van der Waals surface area contributed by atoms with Crippen LogP contribution in [0.5, 0.6) is 0 Å². The molecule has 2 fully saturated rings. The average molecular weight is 470 g/mol.